The van der Waals surface area contributed by atoms with Gasteiger partial charge < -0.3 is 4.74 Å². The van der Waals surface area contributed by atoms with Gasteiger partial charge in [-0.05, 0) is 13.3 Å². The first-order valence-corrected chi connectivity index (χ1v) is 11.7. The molecule has 1 atom stereocenters. The van der Waals surface area contributed by atoms with Gasteiger partial charge in [-0.1, -0.05) is 0 Å². The molecular formula is C17H18N4O6S2. The topological polar surface area (TPSA) is 127 Å². The molecule has 0 unspecified atom stereocenters. The number of amides is 1. The number of aromatic nitrogens is 2. The first-order valence-electron chi connectivity index (χ1n) is 8.97. The molecule has 1 amide bonds. The molecule has 2 aromatic heterocycles. The van der Waals surface area contributed by atoms with Crippen molar-refractivity contribution in [2.75, 3.05) is 11.5 Å². The van der Waals surface area contributed by atoms with Gasteiger partial charge in [0.15, 0.2) is 14.8 Å². The molecule has 10 nitrogen and oxygen atoms in total. The molecule has 0 radical (unpaired) electrons. The highest BCUT2D eigenvalue weighted by Crippen LogP contribution is 2.22. The second kappa shape index (κ2) is 7.34. The molecule has 4 heterocycles. The largest absolute Gasteiger partial charge is 0.455 e. The zero-order valence-corrected chi connectivity index (χ0v) is 17.2. The van der Waals surface area contributed by atoms with Crippen LogP contribution in [0.1, 0.15) is 30.7 Å². The van der Waals surface area contributed by atoms with E-state index in [4.69, 9.17) is 4.74 Å². The van der Waals surface area contributed by atoms with Crippen molar-refractivity contribution in [1.82, 2.24) is 14.4 Å². The molecule has 1 fully saturated rings. The average Bonchev–Trinajstić information content (AvgIpc) is 3.22. The summed E-state index contributed by atoms with van der Waals surface area (Å²) in [6.07, 6.45) is 0.478. The van der Waals surface area contributed by atoms with E-state index < -0.39 is 21.8 Å². The van der Waals surface area contributed by atoms with Gasteiger partial charge in [0.05, 0.1) is 23.2 Å². The smallest absolute Gasteiger partial charge is 0.354 e. The van der Waals surface area contributed by atoms with Crippen molar-refractivity contribution < 1.29 is 22.7 Å². The van der Waals surface area contributed by atoms with Gasteiger partial charge in [0.25, 0.3) is 5.56 Å². The predicted molar refractivity (Wildman–Crippen MR) is 104 cm³/mol. The molecule has 0 aromatic carbocycles. The molecule has 0 saturated carbocycles. The third-order valence-corrected chi connectivity index (χ3v) is 7.52. The molecule has 4 rings (SSSR count). The molecule has 0 N–H and O–H groups in total. The van der Waals surface area contributed by atoms with Gasteiger partial charge >= 0.3 is 5.97 Å². The SMILES string of the molecule is Cc1csc2nc(COC(=O)C3=NN([C@@H]4CCS(=O)(=O)C4)C(=O)CC3)cc(=O)n12. The monoisotopic (exact) mass is 438 g/mol. The van der Waals surface area contributed by atoms with Crippen molar-refractivity contribution >= 4 is 43.7 Å². The maximum absolute atomic E-state index is 12.4. The second-order valence-corrected chi connectivity index (χ2v) is 10.1. The molecule has 2 aliphatic rings. The van der Waals surface area contributed by atoms with Gasteiger partial charge in [0.2, 0.25) is 5.91 Å². The Morgan fingerprint density at radius 1 is 1.34 bits per heavy atom. The van der Waals surface area contributed by atoms with Crippen LogP contribution in [0, 0.1) is 6.92 Å². The highest BCUT2D eigenvalue weighted by molar-refractivity contribution is 7.91. The van der Waals surface area contributed by atoms with Crippen molar-refractivity contribution in [3.05, 3.63) is 33.2 Å². The van der Waals surface area contributed by atoms with Crippen LogP contribution in [-0.4, -0.2) is 57.9 Å². The van der Waals surface area contributed by atoms with Crippen LogP contribution in [0.4, 0.5) is 0 Å². The van der Waals surface area contributed by atoms with E-state index in [1.807, 2.05) is 5.38 Å². The number of carbonyl (C=O) groups excluding carboxylic acids is 2. The molecule has 1 saturated heterocycles. The van der Waals surface area contributed by atoms with Crippen LogP contribution in [0.2, 0.25) is 0 Å². The fraction of sp³-hybridized carbons (Fsp3) is 0.471. The van der Waals surface area contributed by atoms with Crippen LogP contribution in [-0.2, 0) is 30.8 Å². The molecule has 12 heteroatoms. The highest BCUT2D eigenvalue weighted by Gasteiger charge is 2.37. The standard InChI is InChI=1S/C17H18N4O6S2/c1-10-8-28-17-18-11(6-15(23)20(10)17)7-27-16(24)13-2-3-14(22)21(19-13)12-4-5-29(25,26)9-12/h6,8,12H,2-5,7,9H2,1H3/t12-/m1/s1. The Labute approximate surface area is 169 Å². The second-order valence-electron chi connectivity index (χ2n) is 7.00. The average molecular weight is 438 g/mol. The Balaban J connectivity index is 1.47. The van der Waals surface area contributed by atoms with Crippen molar-refractivity contribution in [3.63, 3.8) is 0 Å². The van der Waals surface area contributed by atoms with Crippen molar-refractivity contribution in [1.29, 1.82) is 0 Å². The predicted octanol–water partition coefficient (Wildman–Crippen LogP) is 0.273. The zero-order chi connectivity index (χ0) is 20.8. The number of rotatable bonds is 4. The van der Waals surface area contributed by atoms with E-state index in [0.29, 0.717) is 17.1 Å². The van der Waals surface area contributed by atoms with Crippen LogP contribution in [0.15, 0.2) is 21.3 Å². The first kappa shape index (κ1) is 19.7. The fourth-order valence-corrected chi connectivity index (χ4v) is 5.95. The van der Waals surface area contributed by atoms with E-state index in [9.17, 15) is 22.8 Å². The maximum atomic E-state index is 12.4. The summed E-state index contributed by atoms with van der Waals surface area (Å²) in [4.78, 5) is 41.5. The first-order chi connectivity index (χ1) is 13.7. The Kier molecular flexibility index (Phi) is 4.99. The van der Waals surface area contributed by atoms with Crippen LogP contribution in [0.3, 0.4) is 0 Å². The molecule has 29 heavy (non-hydrogen) atoms. The van der Waals surface area contributed by atoms with Crippen molar-refractivity contribution in [2.24, 2.45) is 5.10 Å². The van der Waals surface area contributed by atoms with E-state index >= 15 is 0 Å². The van der Waals surface area contributed by atoms with E-state index in [1.54, 1.807) is 6.92 Å². The number of ether oxygens (including phenoxy) is 1. The number of sulfone groups is 1. The summed E-state index contributed by atoms with van der Waals surface area (Å²) >= 11 is 1.31. The lowest BCUT2D eigenvalue weighted by molar-refractivity contribution is -0.138. The minimum Gasteiger partial charge on any atom is -0.455 e. The maximum Gasteiger partial charge on any atom is 0.354 e. The van der Waals surface area contributed by atoms with E-state index in [0.717, 1.165) is 10.7 Å². The number of nitrogens with zero attached hydrogens (tertiary/aromatic N) is 4. The lowest BCUT2D eigenvalue weighted by Crippen LogP contribution is -2.42. The summed E-state index contributed by atoms with van der Waals surface area (Å²) in [5.74, 6) is -1.18. The number of hydrogen-bond donors (Lipinski definition) is 0. The molecule has 154 valence electrons. The number of hydrogen-bond acceptors (Lipinski definition) is 9. The number of fused-ring (bicyclic) bond motifs is 1. The molecule has 0 spiro atoms. The number of carbonyl (C=O) groups is 2. The van der Waals surface area contributed by atoms with Crippen molar-refractivity contribution in [2.45, 2.75) is 38.8 Å². The van der Waals surface area contributed by atoms with Gasteiger partial charge in [0, 0.05) is 30.0 Å². The Morgan fingerprint density at radius 2 is 2.14 bits per heavy atom. The Morgan fingerprint density at radius 3 is 2.86 bits per heavy atom. The zero-order valence-electron chi connectivity index (χ0n) is 15.5. The van der Waals surface area contributed by atoms with Crippen LogP contribution in [0.25, 0.3) is 4.96 Å². The highest BCUT2D eigenvalue weighted by atomic mass is 32.2. The lowest BCUT2D eigenvalue weighted by Gasteiger charge is -2.27. The Hall–Kier alpha value is -2.60. The summed E-state index contributed by atoms with van der Waals surface area (Å²) in [6, 6.07) is 0.754. The van der Waals surface area contributed by atoms with Gasteiger partial charge in [0.1, 0.15) is 12.3 Å². The van der Waals surface area contributed by atoms with Crippen LogP contribution in [0.5, 0.6) is 0 Å². The van der Waals surface area contributed by atoms with Gasteiger partial charge in [-0.25, -0.2) is 23.2 Å². The number of aryl methyl sites for hydroxylation is 1. The van der Waals surface area contributed by atoms with Crippen LogP contribution >= 0.6 is 11.3 Å². The molecule has 2 aromatic rings. The fourth-order valence-electron chi connectivity index (χ4n) is 3.37. The molecule has 0 aliphatic carbocycles. The normalized spacial score (nSPS) is 21.4. The van der Waals surface area contributed by atoms with E-state index in [2.05, 4.69) is 10.1 Å². The minimum absolute atomic E-state index is 0.00261. The lowest BCUT2D eigenvalue weighted by atomic mass is 10.1. The van der Waals surface area contributed by atoms with E-state index in [-0.39, 0.29) is 48.1 Å². The molecule has 2 aliphatic heterocycles. The summed E-state index contributed by atoms with van der Waals surface area (Å²) < 4.78 is 30.1. The number of esters is 1. The van der Waals surface area contributed by atoms with Gasteiger partial charge in [-0.15, -0.1) is 11.3 Å². The van der Waals surface area contributed by atoms with E-state index in [1.165, 1.54) is 21.8 Å². The molecule has 0 bridgehead atoms. The molecular weight excluding hydrogens is 420 g/mol. The third-order valence-electron chi connectivity index (χ3n) is 4.83. The Bertz CT molecular complexity index is 1200. The summed E-state index contributed by atoms with van der Waals surface area (Å²) in [7, 11) is -3.19. The minimum atomic E-state index is -3.19. The number of thiazole rings is 1. The van der Waals surface area contributed by atoms with Gasteiger partial charge in [-0.2, -0.15) is 5.10 Å². The summed E-state index contributed by atoms with van der Waals surface area (Å²) in [5, 5.41) is 6.99. The van der Waals surface area contributed by atoms with Gasteiger partial charge in [-0.3, -0.25) is 14.0 Å². The third kappa shape index (κ3) is 3.94. The van der Waals surface area contributed by atoms with Crippen LogP contribution < -0.4 is 5.56 Å². The summed E-state index contributed by atoms with van der Waals surface area (Å²) in [6.45, 7) is 1.60. The number of hydrazone groups is 1. The quantitative estimate of drug-likeness (QED) is 0.627. The summed E-state index contributed by atoms with van der Waals surface area (Å²) in [5.41, 5.74) is 0.894. The van der Waals surface area contributed by atoms with Crippen molar-refractivity contribution in [3.8, 4) is 0 Å².